The van der Waals surface area contributed by atoms with Gasteiger partial charge in [-0.1, -0.05) is 6.92 Å². The summed E-state index contributed by atoms with van der Waals surface area (Å²) < 4.78 is 18.7. The lowest BCUT2D eigenvalue weighted by Crippen LogP contribution is -2.11. The second-order valence-corrected chi connectivity index (χ2v) is 5.09. The van der Waals surface area contributed by atoms with Crippen molar-refractivity contribution in [2.75, 3.05) is 0 Å². The molecular formula is C14H13FO2. The zero-order valence-corrected chi connectivity index (χ0v) is 9.84. The summed E-state index contributed by atoms with van der Waals surface area (Å²) in [6, 6.07) is 4.34. The highest BCUT2D eigenvalue weighted by atomic mass is 19.1. The minimum Gasteiger partial charge on any atom is -0.453 e. The molecule has 2 nitrogen and oxygen atoms in total. The van der Waals surface area contributed by atoms with Crippen molar-refractivity contribution in [1.82, 2.24) is 0 Å². The van der Waals surface area contributed by atoms with Crippen LogP contribution in [0.25, 0.3) is 11.0 Å². The SMILES string of the molecule is Cc1c(C(=O)C2(C)CC2)oc2ccc(F)cc12. The smallest absolute Gasteiger partial charge is 0.204 e. The molecule has 0 saturated heterocycles. The fraction of sp³-hybridized carbons (Fsp3) is 0.357. The maximum atomic E-state index is 13.1. The first-order chi connectivity index (χ1) is 8.01. The van der Waals surface area contributed by atoms with E-state index in [4.69, 9.17) is 4.42 Å². The summed E-state index contributed by atoms with van der Waals surface area (Å²) in [5.41, 5.74) is 1.08. The molecule has 1 aromatic heterocycles. The minimum absolute atomic E-state index is 0.0478. The Morgan fingerprint density at radius 2 is 2.12 bits per heavy atom. The number of aryl methyl sites for hydroxylation is 1. The van der Waals surface area contributed by atoms with Crippen molar-refractivity contribution in [2.24, 2.45) is 5.41 Å². The summed E-state index contributed by atoms with van der Waals surface area (Å²) in [6.45, 7) is 3.76. The molecule has 0 atom stereocenters. The third-order valence-electron chi connectivity index (χ3n) is 3.65. The van der Waals surface area contributed by atoms with Crippen molar-refractivity contribution in [1.29, 1.82) is 0 Å². The topological polar surface area (TPSA) is 30.2 Å². The molecule has 0 radical (unpaired) electrons. The van der Waals surface area contributed by atoms with Gasteiger partial charge in [-0.25, -0.2) is 4.39 Å². The molecule has 1 aromatic carbocycles. The Morgan fingerprint density at radius 1 is 1.41 bits per heavy atom. The first kappa shape index (κ1) is 10.5. The van der Waals surface area contributed by atoms with E-state index >= 15 is 0 Å². The van der Waals surface area contributed by atoms with Gasteiger partial charge in [-0.05, 0) is 38.0 Å². The molecule has 1 saturated carbocycles. The standard InChI is InChI=1S/C14H13FO2/c1-8-10-7-9(15)3-4-11(10)17-12(8)13(16)14(2)5-6-14/h3-4,7H,5-6H2,1-2H3. The summed E-state index contributed by atoms with van der Waals surface area (Å²) >= 11 is 0. The van der Waals surface area contributed by atoms with Gasteiger partial charge in [-0.3, -0.25) is 4.79 Å². The van der Waals surface area contributed by atoms with Crippen molar-refractivity contribution < 1.29 is 13.6 Å². The van der Waals surface area contributed by atoms with E-state index in [-0.39, 0.29) is 17.0 Å². The fourth-order valence-electron chi connectivity index (χ4n) is 2.10. The van der Waals surface area contributed by atoms with Gasteiger partial charge < -0.3 is 4.42 Å². The number of carbonyl (C=O) groups is 1. The van der Waals surface area contributed by atoms with E-state index in [1.54, 1.807) is 6.07 Å². The molecule has 0 bridgehead atoms. The highest BCUT2D eigenvalue weighted by Gasteiger charge is 2.47. The molecular weight excluding hydrogens is 219 g/mol. The zero-order valence-electron chi connectivity index (χ0n) is 9.84. The first-order valence-electron chi connectivity index (χ1n) is 5.75. The Hall–Kier alpha value is -1.64. The highest BCUT2D eigenvalue weighted by Crippen LogP contribution is 2.48. The van der Waals surface area contributed by atoms with Gasteiger partial charge in [0, 0.05) is 16.4 Å². The number of furan rings is 1. The highest BCUT2D eigenvalue weighted by molar-refractivity contribution is 6.04. The molecule has 0 aliphatic heterocycles. The monoisotopic (exact) mass is 232 g/mol. The lowest BCUT2D eigenvalue weighted by atomic mass is 9.99. The van der Waals surface area contributed by atoms with Gasteiger partial charge in [0.1, 0.15) is 11.4 Å². The van der Waals surface area contributed by atoms with Crippen molar-refractivity contribution in [3.05, 3.63) is 35.3 Å². The van der Waals surface area contributed by atoms with E-state index in [0.717, 1.165) is 18.4 Å². The van der Waals surface area contributed by atoms with Crippen molar-refractivity contribution in [3.63, 3.8) is 0 Å². The van der Waals surface area contributed by atoms with E-state index in [9.17, 15) is 9.18 Å². The van der Waals surface area contributed by atoms with Crippen LogP contribution in [0.4, 0.5) is 4.39 Å². The number of Topliss-reactive ketones (excluding diaryl/α,β-unsaturated/α-hetero) is 1. The van der Waals surface area contributed by atoms with Crippen LogP contribution in [0.1, 0.15) is 35.9 Å². The predicted octanol–water partition coefficient (Wildman–Crippen LogP) is 3.86. The van der Waals surface area contributed by atoms with Gasteiger partial charge >= 0.3 is 0 Å². The Labute approximate surface area is 98.4 Å². The van der Waals surface area contributed by atoms with Crippen LogP contribution >= 0.6 is 0 Å². The van der Waals surface area contributed by atoms with Crippen LogP contribution in [0.5, 0.6) is 0 Å². The number of fused-ring (bicyclic) bond motifs is 1. The molecule has 1 aliphatic carbocycles. The van der Waals surface area contributed by atoms with Gasteiger partial charge in [-0.2, -0.15) is 0 Å². The summed E-state index contributed by atoms with van der Waals surface area (Å²) in [6.07, 6.45) is 1.83. The van der Waals surface area contributed by atoms with Crippen LogP contribution in [-0.2, 0) is 0 Å². The number of ketones is 1. The minimum atomic E-state index is -0.307. The molecule has 2 aromatic rings. The summed E-state index contributed by atoms with van der Waals surface area (Å²) in [5, 5.41) is 0.692. The van der Waals surface area contributed by atoms with Crippen molar-refractivity contribution in [2.45, 2.75) is 26.7 Å². The van der Waals surface area contributed by atoms with Gasteiger partial charge in [-0.15, -0.1) is 0 Å². The number of rotatable bonds is 2. The molecule has 1 heterocycles. The maximum absolute atomic E-state index is 13.1. The van der Waals surface area contributed by atoms with Crippen LogP contribution in [0, 0.1) is 18.2 Å². The van der Waals surface area contributed by atoms with Crippen LogP contribution in [0.15, 0.2) is 22.6 Å². The van der Waals surface area contributed by atoms with E-state index in [1.807, 2.05) is 13.8 Å². The maximum Gasteiger partial charge on any atom is 0.204 e. The lowest BCUT2D eigenvalue weighted by Gasteiger charge is -2.04. The van der Waals surface area contributed by atoms with Crippen LogP contribution in [0.3, 0.4) is 0 Å². The summed E-state index contributed by atoms with van der Waals surface area (Å²) in [7, 11) is 0. The number of halogens is 1. The molecule has 17 heavy (non-hydrogen) atoms. The third kappa shape index (κ3) is 1.49. The molecule has 3 heteroatoms. The first-order valence-corrected chi connectivity index (χ1v) is 5.75. The van der Waals surface area contributed by atoms with Gasteiger partial charge in [0.2, 0.25) is 5.78 Å². The van der Waals surface area contributed by atoms with Crippen molar-refractivity contribution in [3.8, 4) is 0 Å². The molecule has 88 valence electrons. The quantitative estimate of drug-likeness (QED) is 0.736. The zero-order chi connectivity index (χ0) is 12.2. The molecule has 1 aliphatic rings. The number of hydrogen-bond acceptors (Lipinski definition) is 2. The number of hydrogen-bond donors (Lipinski definition) is 0. The van der Waals surface area contributed by atoms with Gasteiger partial charge in [0.05, 0.1) is 0 Å². The third-order valence-corrected chi connectivity index (χ3v) is 3.65. The predicted molar refractivity (Wildman–Crippen MR) is 62.6 cm³/mol. The van der Waals surface area contributed by atoms with Crippen LogP contribution < -0.4 is 0 Å². The van der Waals surface area contributed by atoms with E-state index < -0.39 is 0 Å². The number of carbonyl (C=O) groups excluding carboxylic acids is 1. The summed E-state index contributed by atoms with van der Waals surface area (Å²) in [5.74, 6) is 0.134. The van der Waals surface area contributed by atoms with E-state index in [1.165, 1.54) is 12.1 Å². The van der Waals surface area contributed by atoms with Crippen LogP contribution in [-0.4, -0.2) is 5.78 Å². The molecule has 0 spiro atoms. The second-order valence-electron chi connectivity index (χ2n) is 5.09. The largest absolute Gasteiger partial charge is 0.453 e. The Morgan fingerprint density at radius 3 is 2.76 bits per heavy atom. The lowest BCUT2D eigenvalue weighted by molar-refractivity contribution is 0.0885. The second kappa shape index (κ2) is 3.19. The van der Waals surface area contributed by atoms with Gasteiger partial charge in [0.25, 0.3) is 0 Å². The summed E-state index contributed by atoms with van der Waals surface area (Å²) in [4.78, 5) is 12.2. The average Bonchev–Trinajstić information content (AvgIpc) is 2.97. The average molecular weight is 232 g/mol. The van der Waals surface area contributed by atoms with Crippen molar-refractivity contribution >= 4 is 16.8 Å². The number of benzene rings is 1. The van der Waals surface area contributed by atoms with Gasteiger partial charge in [0.15, 0.2) is 5.76 Å². The fourth-order valence-corrected chi connectivity index (χ4v) is 2.10. The Bertz CT molecular complexity index is 620. The normalized spacial score (nSPS) is 17.4. The molecule has 1 fully saturated rings. The molecule has 0 unspecified atom stereocenters. The Kier molecular flexibility index (Phi) is 1.97. The van der Waals surface area contributed by atoms with E-state index in [2.05, 4.69) is 0 Å². The Balaban J connectivity index is 2.18. The van der Waals surface area contributed by atoms with E-state index in [0.29, 0.717) is 16.7 Å². The van der Waals surface area contributed by atoms with Crippen LogP contribution in [0.2, 0.25) is 0 Å². The molecule has 0 N–H and O–H groups in total. The molecule has 3 rings (SSSR count). The molecule has 0 amide bonds.